The fraction of sp³-hybridized carbons (Fsp3) is 0.250. The standard InChI is InChI=1S/C8H7BrClNO2/c1-4-5(9)3-11-7(10)6(4)8(12)13-2/h3H,1-2H3. The van der Waals surface area contributed by atoms with Crippen LogP contribution in [-0.2, 0) is 4.74 Å². The summed E-state index contributed by atoms with van der Waals surface area (Å²) in [6.07, 6.45) is 1.55. The predicted molar refractivity (Wildman–Crippen MR) is 53.0 cm³/mol. The Morgan fingerprint density at radius 3 is 2.85 bits per heavy atom. The summed E-state index contributed by atoms with van der Waals surface area (Å²) < 4.78 is 5.30. The second-order valence-electron chi connectivity index (χ2n) is 2.39. The van der Waals surface area contributed by atoms with E-state index in [1.165, 1.54) is 7.11 Å². The van der Waals surface area contributed by atoms with Gasteiger partial charge in [0.25, 0.3) is 0 Å². The molecule has 0 spiro atoms. The van der Waals surface area contributed by atoms with Crippen molar-refractivity contribution in [3.8, 4) is 0 Å². The van der Waals surface area contributed by atoms with Gasteiger partial charge in [-0.25, -0.2) is 9.78 Å². The highest BCUT2D eigenvalue weighted by atomic mass is 79.9. The molecular formula is C8H7BrClNO2. The molecule has 0 atom stereocenters. The van der Waals surface area contributed by atoms with Gasteiger partial charge in [-0.2, -0.15) is 0 Å². The quantitative estimate of drug-likeness (QED) is 0.578. The van der Waals surface area contributed by atoms with Crippen molar-refractivity contribution in [2.45, 2.75) is 6.92 Å². The van der Waals surface area contributed by atoms with E-state index in [2.05, 4.69) is 25.7 Å². The fourth-order valence-electron chi connectivity index (χ4n) is 0.888. The fourth-order valence-corrected chi connectivity index (χ4v) is 1.46. The molecule has 0 fully saturated rings. The van der Waals surface area contributed by atoms with Crippen LogP contribution in [-0.4, -0.2) is 18.1 Å². The van der Waals surface area contributed by atoms with Gasteiger partial charge in [-0.1, -0.05) is 11.6 Å². The monoisotopic (exact) mass is 263 g/mol. The van der Waals surface area contributed by atoms with Crippen LogP contribution in [0, 0.1) is 6.92 Å². The van der Waals surface area contributed by atoms with Crippen LogP contribution < -0.4 is 0 Å². The highest BCUT2D eigenvalue weighted by molar-refractivity contribution is 9.10. The first-order valence-corrected chi connectivity index (χ1v) is 4.64. The minimum atomic E-state index is -0.476. The van der Waals surface area contributed by atoms with E-state index in [9.17, 15) is 4.79 Å². The van der Waals surface area contributed by atoms with Crippen molar-refractivity contribution in [3.63, 3.8) is 0 Å². The van der Waals surface area contributed by atoms with Crippen LogP contribution in [0.15, 0.2) is 10.7 Å². The van der Waals surface area contributed by atoms with Crippen molar-refractivity contribution in [1.82, 2.24) is 4.98 Å². The number of halogens is 2. The van der Waals surface area contributed by atoms with Crippen LogP contribution in [0.5, 0.6) is 0 Å². The molecule has 0 aliphatic carbocycles. The maximum absolute atomic E-state index is 11.2. The summed E-state index contributed by atoms with van der Waals surface area (Å²) in [7, 11) is 1.30. The van der Waals surface area contributed by atoms with Gasteiger partial charge in [0, 0.05) is 10.7 Å². The Labute approximate surface area is 89.2 Å². The van der Waals surface area contributed by atoms with Crippen molar-refractivity contribution < 1.29 is 9.53 Å². The molecule has 5 heteroatoms. The molecule has 3 nitrogen and oxygen atoms in total. The second-order valence-corrected chi connectivity index (χ2v) is 3.60. The number of ether oxygens (including phenoxy) is 1. The SMILES string of the molecule is COC(=O)c1c(Cl)ncc(Br)c1C. The van der Waals surface area contributed by atoms with Gasteiger partial charge in [0.15, 0.2) is 0 Å². The van der Waals surface area contributed by atoms with E-state index in [1.54, 1.807) is 13.1 Å². The summed E-state index contributed by atoms with van der Waals surface area (Å²) in [4.78, 5) is 15.1. The molecule has 0 aliphatic heterocycles. The second kappa shape index (κ2) is 4.07. The van der Waals surface area contributed by atoms with Gasteiger partial charge in [-0.3, -0.25) is 0 Å². The van der Waals surface area contributed by atoms with Crippen LogP contribution in [0.3, 0.4) is 0 Å². The van der Waals surface area contributed by atoms with Crippen molar-refractivity contribution in [2.24, 2.45) is 0 Å². The largest absolute Gasteiger partial charge is 0.465 e. The number of hydrogen-bond acceptors (Lipinski definition) is 3. The van der Waals surface area contributed by atoms with E-state index in [-0.39, 0.29) is 5.15 Å². The Morgan fingerprint density at radius 1 is 1.69 bits per heavy atom. The molecule has 0 N–H and O–H groups in total. The normalized spacial score (nSPS) is 9.85. The van der Waals surface area contributed by atoms with E-state index in [4.69, 9.17) is 11.6 Å². The number of aromatic nitrogens is 1. The van der Waals surface area contributed by atoms with Crippen molar-refractivity contribution in [2.75, 3.05) is 7.11 Å². The summed E-state index contributed by atoms with van der Waals surface area (Å²) in [5.74, 6) is -0.476. The summed E-state index contributed by atoms with van der Waals surface area (Å²) >= 11 is 8.99. The van der Waals surface area contributed by atoms with Crippen molar-refractivity contribution >= 4 is 33.5 Å². The topological polar surface area (TPSA) is 39.2 Å². The molecule has 1 rings (SSSR count). The Hall–Kier alpha value is -0.610. The number of carbonyl (C=O) groups excluding carboxylic acids is 1. The van der Waals surface area contributed by atoms with Gasteiger partial charge in [0.1, 0.15) is 10.7 Å². The number of carbonyl (C=O) groups is 1. The van der Waals surface area contributed by atoms with E-state index in [0.717, 1.165) is 10.0 Å². The molecule has 1 heterocycles. The van der Waals surface area contributed by atoms with Crippen LogP contribution in [0.1, 0.15) is 15.9 Å². The Bertz CT molecular complexity index is 354. The van der Waals surface area contributed by atoms with Gasteiger partial charge in [-0.15, -0.1) is 0 Å². The van der Waals surface area contributed by atoms with Gasteiger partial charge in [0.2, 0.25) is 0 Å². The van der Waals surface area contributed by atoms with Crippen LogP contribution in [0.2, 0.25) is 5.15 Å². The first kappa shape index (κ1) is 10.5. The number of esters is 1. The first-order chi connectivity index (χ1) is 6.07. The Kier molecular flexibility index (Phi) is 3.27. The Balaban J connectivity index is 3.33. The minimum absolute atomic E-state index is 0.160. The first-order valence-electron chi connectivity index (χ1n) is 3.46. The third kappa shape index (κ3) is 2.00. The molecular weight excluding hydrogens is 257 g/mol. The molecule has 0 bridgehead atoms. The molecule has 0 radical (unpaired) electrons. The number of nitrogens with zero attached hydrogens (tertiary/aromatic N) is 1. The smallest absolute Gasteiger partial charge is 0.341 e. The molecule has 0 saturated carbocycles. The molecule has 0 aromatic carbocycles. The van der Waals surface area contributed by atoms with Crippen molar-refractivity contribution in [1.29, 1.82) is 0 Å². The van der Waals surface area contributed by atoms with E-state index >= 15 is 0 Å². The molecule has 70 valence electrons. The lowest BCUT2D eigenvalue weighted by atomic mass is 10.2. The highest BCUT2D eigenvalue weighted by Crippen LogP contribution is 2.24. The molecule has 0 amide bonds. The van der Waals surface area contributed by atoms with E-state index in [1.807, 2.05) is 0 Å². The van der Waals surface area contributed by atoms with E-state index in [0.29, 0.717) is 5.56 Å². The zero-order chi connectivity index (χ0) is 10.0. The average Bonchev–Trinajstić information content (AvgIpc) is 2.12. The number of pyridine rings is 1. The molecule has 0 saturated heterocycles. The lowest BCUT2D eigenvalue weighted by Crippen LogP contribution is -2.06. The third-order valence-corrected chi connectivity index (χ3v) is 2.71. The van der Waals surface area contributed by atoms with Gasteiger partial charge in [0.05, 0.1) is 7.11 Å². The average molecular weight is 265 g/mol. The molecule has 1 aromatic heterocycles. The zero-order valence-corrected chi connectivity index (χ0v) is 9.44. The minimum Gasteiger partial charge on any atom is -0.465 e. The third-order valence-electron chi connectivity index (χ3n) is 1.62. The number of hydrogen-bond donors (Lipinski definition) is 0. The lowest BCUT2D eigenvalue weighted by molar-refractivity contribution is 0.0599. The summed E-state index contributed by atoms with van der Waals surface area (Å²) in [6.45, 7) is 1.77. The van der Waals surface area contributed by atoms with Crippen LogP contribution in [0.25, 0.3) is 0 Å². The summed E-state index contributed by atoms with van der Waals surface area (Å²) in [5.41, 5.74) is 1.03. The number of methoxy groups -OCH3 is 1. The highest BCUT2D eigenvalue weighted by Gasteiger charge is 2.16. The van der Waals surface area contributed by atoms with Crippen LogP contribution in [0.4, 0.5) is 0 Å². The molecule has 13 heavy (non-hydrogen) atoms. The number of rotatable bonds is 1. The maximum Gasteiger partial charge on any atom is 0.341 e. The van der Waals surface area contributed by atoms with Gasteiger partial charge >= 0.3 is 5.97 Å². The van der Waals surface area contributed by atoms with Gasteiger partial charge < -0.3 is 4.74 Å². The van der Waals surface area contributed by atoms with Gasteiger partial charge in [-0.05, 0) is 28.4 Å². The van der Waals surface area contributed by atoms with Crippen LogP contribution >= 0.6 is 27.5 Å². The predicted octanol–water partition coefficient (Wildman–Crippen LogP) is 2.59. The summed E-state index contributed by atoms with van der Waals surface area (Å²) in [6, 6.07) is 0. The molecule has 0 unspecified atom stereocenters. The zero-order valence-electron chi connectivity index (χ0n) is 7.10. The lowest BCUT2D eigenvalue weighted by Gasteiger charge is -2.06. The molecule has 0 aliphatic rings. The maximum atomic E-state index is 11.2. The molecule has 1 aromatic rings. The van der Waals surface area contributed by atoms with E-state index < -0.39 is 5.97 Å². The van der Waals surface area contributed by atoms with Crippen molar-refractivity contribution in [3.05, 3.63) is 26.9 Å². The summed E-state index contributed by atoms with van der Waals surface area (Å²) in [5, 5.41) is 0.160. The Morgan fingerprint density at radius 2 is 2.31 bits per heavy atom.